The maximum Gasteiger partial charge on any atom is 0.228 e. The molecule has 1 aromatic carbocycles. The summed E-state index contributed by atoms with van der Waals surface area (Å²) in [7, 11) is 0. The van der Waals surface area contributed by atoms with E-state index >= 15 is 0 Å². The van der Waals surface area contributed by atoms with Crippen molar-refractivity contribution in [1.29, 1.82) is 0 Å². The molecule has 1 heterocycles. The van der Waals surface area contributed by atoms with E-state index in [9.17, 15) is 4.79 Å². The minimum atomic E-state index is -0.252. The van der Waals surface area contributed by atoms with E-state index in [-0.39, 0.29) is 17.4 Å². The highest BCUT2D eigenvalue weighted by molar-refractivity contribution is 5.84. The van der Waals surface area contributed by atoms with Crippen LogP contribution in [0, 0.1) is 18.3 Å². The topological polar surface area (TPSA) is 41.1 Å². The van der Waals surface area contributed by atoms with Gasteiger partial charge >= 0.3 is 0 Å². The van der Waals surface area contributed by atoms with Gasteiger partial charge in [-0.25, -0.2) is 0 Å². The number of benzene rings is 1. The Balaban J connectivity index is 2.10. The zero-order chi connectivity index (χ0) is 14.8. The van der Waals surface area contributed by atoms with Crippen LogP contribution in [0.3, 0.4) is 0 Å². The lowest BCUT2D eigenvalue weighted by atomic mass is 9.75. The van der Waals surface area contributed by atoms with Crippen molar-refractivity contribution in [2.24, 2.45) is 11.3 Å². The average molecular weight is 274 g/mol. The van der Waals surface area contributed by atoms with Gasteiger partial charge < -0.3 is 10.6 Å². The Labute approximate surface area is 122 Å². The molecule has 3 nitrogen and oxygen atoms in total. The first kappa shape index (κ1) is 15.0. The molecule has 0 bridgehead atoms. The van der Waals surface area contributed by atoms with Crippen molar-refractivity contribution in [3.63, 3.8) is 0 Å². The van der Waals surface area contributed by atoms with Crippen LogP contribution < -0.4 is 10.6 Å². The number of rotatable bonds is 4. The highest BCUT2D eigenvalue weighted by Crippen LogP contribution is 2.35. The van der Waals surface area contributed by atoms with Crippen LogP contribution >= 0.6 is 0 Å². The maximum absolute atomic E-state index is 12.7. The number of aryl methyl sites for hydroxylation is 1. The maximum atomic E-state index is 12.7. The van der Waals surface area contributed by atoms with Crippen LogP contribution in [0.4, 0.5) is 0 Å². The summed E-state index contributed by atoms with van der Waals surface area (Å²) in [6, 6.07) is 8.39. The van der Waals surface area contributed by atoms with Crippen LogP contribution in [-0.2, 0) is 4.79 Å². The van der Waals surface area contributed by atoms with Gasteiger partial charge in [-0.1, -0.05) is 43.7 Å². The fourth-order valence-electron chi connectivity index (χ4n) is 3.02. The van der Waals surface area contributed by atoms with Crippen LogP contribution in [0.25, 0.3) is 0 Å². The quantitative estimate of drug-likeness (QED) is 0.886. The van der Waals surface area contributed by atoms with E-state index in [1.807, 2.05) is 6.07 Å². The molecule has 0 radical (unpaired) electrons. The molecule has 110 valence electrons. The normalized spacial score (nSPS) is 23.9. The first-order valence-electron chi connectivity index (χ1n) is 7.54. The molecule has 1 aromatic rings. The summed E-state index contributed by atoms with van der Waals surface area (Å²) in [5, 5.41) is 6.55. The SMILES string of the molecule is Cc1cccc([C@H](C)NC(=O)C2(C(C)C)CCNC2)c1. The van der Waals surface area contributed by atoms with Crippen molar-refractivity contribution in [1.82, 2.24) is 10.6 Å². The molecule has 2 atom stereocenters. The van der Waals surface area contributed by atoms with Gasteiger partial charge in [0.05, 0.1) is 11.5 Å². The van der Waals surface area contributed by atoms with Gasteiger partial charge in [-0.2, -0.15) is 0 Å². The fourth-order valence-corrected chi connectivity index (χ4v) is 3.02. The van der Waals surface area contributed by atoms with Crippen molar-refractivity contribution in [2.45, 2.75) is 40.2 Å². The van der Waals surface area contributed by atoms with Crippen LogP contribution in [0.5, 0.6) is 0 Å². The minimum absolute atomic E-state index is 0.0543. The molecule has 0 saturated carbocycles. The van der Waals surface area contributed by atoms with Gasteiger partial charge in [0.2, 0.25) is 5.91 Å². The average Bonchev–Trinajstić information content (AvgIpc) is 2.89. The van der Waals surface area contributed by atoms with Crippen molar-refractivity contribution in [3.05, 3.63) is 35.4 Å². The zero-order valence-corrected chi connectivity index (χ0v) is 13.0. The first-order valence-corrected chi connectivity index (χ1v) is 7.54. The second-order valence-electron chi connectivity index (χ2n) is 6.35. The number of hydrogen-bond acceptors (Lipinski definition) is 2. The minimum Gasteiger partial charge on any atom is -0.349 e. The van der Waals surface area contributed by atoms with Crippen LogP contribution in [0.15, 0.2) is 24.3 Å². The molecular weight excluding hydrogens is 248 g/mol. The van der Waals surface area contributed by atoms with Crippen molar-refractivity contribution in [3.8, 4) is 0 Å². The van der Waals surface area contributed by atoms with Gasteiger partial charge in [-0.15, -0.1) is 0 Å². The van der Waals surface area contributed by atoms with E-state index in [1.54, 1.807) is 0 Å². The van der Waals surface area contributed by atoms with E-state index in [0.29, 0.717) is 5.92 Å². The van der Waals surface area contributed by atoms with Crippen LogP contribution in [0.1, 0.15) is 44.4 Å². The van der Waals surface area contributed by atoms with Gasteiger partial charge in [0, 0.05) is 6.54 Å². The van der Waals surface area contributed by atoms with Gasteiger partial charge in [-0.05, 0) is 38.3 Å². The summed E-state index contributed by atoms with van der Waals surface area (Å²) in [4.78, 5) is 12.7. The first-order chi connectivity index (χ1) is 9.45. The Morgan fingerprint density at radius 2 is 2.10 bits per heavy atom. The molecular formula is C17H26N2O. The molecule has 2 rings (SSSR count). The van der Waals surface area contributed by atoms with E-state index < -0.39 is 0 Å². The molecule has 20 heavy (non-hydrogen) atoms. The number of hydrogen-bond donors (Lipinski definition) is 2. The molecule has 0 spiro atoms. The predicted octanol–water partition coefficient (Wildman–Crippen LogP) is 2.81. The Kier molecular flexibility index (Phi) is 4.48. The van der Waals surface area contributed by atoms with Crippen molar-refractivity contribution < 1.29 is 4.79 Å². The van der Waals surface area contributed by atoms with E-state index in [1.165, 1.54) is 11.1 Å². The number of carbonyl (C=O) groups excluding carboxylic acids is 1. The largest absolute Gasteiger partial charge is 0.349 e. The Morgan fingerprint density at radius 3 is 2.65 bits per heavy atom. The molecule has 0 aromatic heterocycles. The highest BCUT2D eigenvalue weighted by atomic mass is 16.2. The van der Waals surface area contributed by atoms with E-state index in [0.717, 1.165) is 19.5 Å². The summed E-state index contributed by atoms with van der Waals surface area (Å²) < 4.78 is 0. The standard InChI is InChI=1S/C17H26N2O/c1-12(2)17(8-9-18-11-17)16(20)19-14(4)15-7-5-6-13(3)10-15/h5-7,10,12,14,18H,8-9,11H2,1-4H3,(H,19,20)/t14-,17?/m0/s1. The van der Waals surface area contributed by atoms with E-state index in [2.05, 4.69) is 56.5 Å². The predicted molar refractivity (Wildman–Crippen MR) is 82.5 cm³/mol. The lowest BCUT2D eigenvalue weighted by Crippen LogP contribution is -2.46. The molecule has 3 heteroatoms. The lowest BCUT2D eigenvalue weighted by molar-refractivity contribution is -0.133. The Morgan fingerprint density at radius 1 is 1.35 bits per heavy atom. The second kappa shape index (κ2) is 5.96. The third-order valence-electron chi connectivity index (χ3n) is 4.64. The number of carbonyl (C=O) groups is 1. The Bertz CT molecular complexity index is 476. The fraction of sp³-hybridized carbons (Fsp3) is 0.588. The van der Waals surface area contributed by atoms with Gasteiger partial charge in [0.1, 0.15) is 0 Å². The third-order valence-corrected chi connectivity index (χ3v) is 4.64. The van der Waals surface area contributed by atoms with Crippen molar-refractivity contribution in [2.75, 3.05) is 13.1 Å². The lowest BCUT2D eigenvalue weighted by Gasteiger charge is -2.32. The zero-order valence-electron chi connectivity index (χ0n) is 13.0. The van der Waals surface area contributed by atoms with E-state index in [4.69, 9.17) is 0 Å². The van der Waals surface area contributed by atoms with Gasteiger partial charge in [0.25, 0.3) is 0 Å². The number of amides is 1. The molecule has 2 N–H and O–H groups in total. The summed E-state index contributed by atoms with van der Waals surface area (Å²) in [6.07, 6.45) is 0.928. The molecule has 0 aliphatic carbocycles. The molecule has 1 fully saturated rings. The Hall–Kier alpha value is -1.35. The molecule has 1 unspecified atom stereocenters. The highest BCUT2D eigenvalue weighted by Gasteiger charge is 2.44. The summed E-state index contributed by atoms with van der Waals surface area (Å²) in [5.74, 6) is 0.536. The monoisotopic (exact) mass is 274 g/mol. The van der Waals surface area contributed by atoms with Crippen LogP contribution in [-0.4, -0.2) is 19.0 Å². The summed E-state index contributed by atoms with van der Waals surface area (Å²) in [6.45, 7) is 10.1. The third kappa shape index (κ3) is 2.88. The van der Waals surface area contributed by atoms with Crippen LogP contribution in [0.2, 0.25) is 0 Å². The second-order valence-corrected chi connectivity index (χ2v) is 6.35. The molecule has 1 aliphatic rings. The summed E-state index contributed by atoms with van der Waals surface area (Å²) in [5.41, 5.74) is 2.14. The smallest absolute Gasteiger partial charge is 0.228 e. The molecule has 1 saturated heterocycles. The van der Waals surface area contributed by atoms with Crippen molar-refractivity contribution >= 4 is 5.91 Å². The molecule has 1 amide bonds. The molecule has 1 aliphatic heterocycles. The van der Waals surface area contributed by atoms with Gasteiger partial charge in [-0.3, -0.25) is 4.79 Å². The summed E-state index contributed by atoms with van der Waals surface area (Å²) >= 11 is 0. The van der Waals surface area contributed by atoms with Gasteiger partial charge in [0.15, 0.2) is 0 Å². The number of nitrogens with one attached hydrogen (secondary N) is 2.